The van der Waals surface area contributed by atoms with E-state index in [2.05, 4.69) is 28.8 Å². The molecule has 17 heavy (non-hydrogen) atoms. The largest absolute Gasteiger partial charge is 0.327 e. The highest BCUT2D eigenvalue weighted by atomic mass is 15.3. The highest BCUT2D eigenvalue weighted by molar-refractivity contribution is 4.88. The van der Waals surface area contributed by atoms with E-state index in [0.717, 1.165) is 44.8 Å². The topological polar surface area (TPSA) is 60.0 Å². The van der Waals surface area contributed by atoms with Crippen LogP contribution in [-0.2, 0) is 13.1 Å². The van der Waals surface area contributed by atoms with Crippen molar-refractivity contribution >= 4 is 0 Å². The number of rotatable bonds is 4. The molecule has 0 amide bonds. The standard InChI is InChI=1S/C12H23N5/c1-3-5-17-12(14-9-15-17)8-16-6-4-11(13)10(2)7-16/h9-11H,3-8,13H2,1-2H3. The Bertz CT molecular complexity index is 348. The summed E-state index contributed by atoms with van der Waals surface area (Å²) in [5.74, 6) is 1.65. The number of likely N-dealkylation sites (tertiary alicyclic amines) is 1. The molecule has 0 bridgehead atoms. The predicted octanol–water partition coefficient (Wildman–Crippen LogP) is 0.857. The lowest BCUT2D eigenvalue weighted by Crippen LogP contribution is -2.45. The van der Waals surface area contributed by atoms with E-state index < -0.39 is 0 Å². The van der Waals surface area contributed by atoms with E-state index in [1.165, 1.54) is 0 Å². The highest BCUT2D eigenvalue weighted by Gasteiger charge is 2.23. The lowest BCUT2D eigenvalue weighted by molar-refractivity contribution is 0.152. The third-order valence-corrected chi connectivity index (χ3v) is 3.55. The molecule has 1 aromatic rings. The summed E-state index contributed by atoms with van der Waals surface area (Å²) in [5, 5.41) is 4.26. The van der Waals surface area contributed by atoms with Crippen molar-refractivity contribution in [2.75, 3.05) is 13.1 Å². The third kappa shape index (κ3) is 3.04. The smallest absolute Gasteiger partial charge is 0.141 e. The number of piperidine rings is 1. The van der Waals surface area contributed by atoms with Gasteiger partial charge in [-0.15, -0.1) is 0 Å². The van der Waals surface area contributed by atoms with Gasteiger partial charge in [-0.3, -0.25) is 4.90 Å². The molecule has 1 aliphatic heterocycles. The lowest BCUT2D eigenvalue weighted by Gasteiger charge is -2.34. The zero-order chi connectivity index (χ0) is 12.3. The van der Waals surface area contributed by atoms with Gasteiger partial charge in [-0.05, 0) is 18.8 Å². The van der Waals surface area contributed by atoms with Gasteiger partial charge in [-0.2, -0.15) is 5.10 Å². The Morgan fingerprint density at radius 1 is 1.53 bits per heavy atom. The van der Waals surface area contributed by atoms with Crippen LogP contribution in [-0.4, -0.2) is 38.8 Å². The Hall–Kier alpha value is -0.940. The molecule has 2 rings (SSSR count). The van der Waals surface area contributed by atoms with Crippen LogP contribution in [0.4, 0.5) is 0 Å². The van der Waals surface area contributed by atoms with Gasteiger partial charge >= 0.3 is 0 Å². The SMILES string of the molecule is CCCn1ncnc1CN1CCC(N)C(C)C1. The Balaban J connectivity index is 1.94. The first-order valence-electron chi connectivity index (χ1n) is 6.55. The van der Waals surface area contributed by atoms with Crippen LogP contribution in [0.25, 0.3) is 0 Å². The predicted molar refractivity (Wildman–Crippen MR) is 67.3 cm³/mol. The summed E-state index contributed by atoms with van der Waals surface area (Å²) in [4.78, 5) is 6.79. The van der Waals surface area contributed by atoms with Gasteiger partial charge in [0, 0.05) is 25.7 Å². The Kier molecular flexibility index (Phi) is 4.12. The molecular weight excluding hydrogens is 214 g/mol. The molecule has 0 spiro atoms. The molecule has 1 saturated heterocycles. The zero-order valence-electron chi connectivity index (χ0n) is 10.8. The zero-order valence-corrected chi connectivity index (χ0v) is 10.8. The van der Waals surface area contributed by atoms with Gasteiger partial charge in [0.05, 0.1) is 6.54 Å². The molecule has 0 aliphatic carbocycles. The van der Waals surface area contributed by atoms with Gasteiger partial charge in [0.2, 0.25) is 0 Å². The number of hydrogen-bond donors (Lipinski definition) is 1. The summed E-state index contributed by atoms with van der Waals surface area (Å²) >= 11 is 0. The summed E-state index contributed by atoms with van der Waals surface area (Å²) in [6.45, 7) is 8.39. The molecule has 0 radical (unpaired) electrons. The number of aromatic nitrogens is 3. The molecule has 5 nitrogen and oxygen atoms in total. The summed E-state index contributed by atoms with van der Waals surface area (Å²) in [6, 6.07) is 0.361. The van der Waals surface area contributed by atoms with Crippen molar-refractivity contribution in [2.24, 2.45) is 11.7 Å². The number of aryl methyl sites for hydroxylation is 1. The Labute approximate surface area is 103 Å². The normalized spacial score (nSPS) is 26.3. The van der Waals surface area contributed by atoms with E-state index in [1.807, 2.05) is 4.68 Å². The molecule has 2 N–H and O–H groups in total. The average molecular weight is 237 g/mol. The summed E-state index contributed by atoms with van der Waals surface area (Å²) in [7, 11) is 0. The second kappa shape index (κ2) is 5.60. The highest BCUT2D eigenvalue weighted by Crippen LogP contribution is 2.16. The minimum Gasteiger partial charge on any atom is -0.327 e. The molecular formula is C12H23N5. The van der Waals surface area contributed by atoms with Gasteiger partial charge in [0.15, 0.2) is 0 Å². The van der Waals surface area contributed by atoms with E-state index in [0.29, 0.717) is 12.0 Å². The number of nitrogens with zero attached hydrogens (tertiary/aromatic N) is 4. The second-order valence-electron chi connectivity index (χ2n) is 5.06. The lowest BCUT2D eigenvalue weighted by atomic mass is 9.95. The van der Waals surface area contributed by atoms with Crippen LogP contribution in [0.2, 0.25) is 0 Å². The van der Waals surface area contributed by atoms with Crippen LogP contribution in [0, 0.1) is 5.92 Å². The molecule has 0 saturated carbocycles. The summed E-state index contributed by atoms with van der Waals surface area (Å²) < 4.78 is 2.01. The maximum Gasteiger partial charge on any atom is 0.141 e. The van der Waals surface area contributed by atoms with Crippen molar-refractivity contribution in [2.45, 2.75) is 45.8 Å². The van der Waals surface area contributed by atoms with Crippen molar-refractivity contribution in [3.05, 3.63) is 12.2 Å². The van der Waals surface area contributed by atoms with E-state index in [9.17, 15) is 0 Å². The van der Waals surface area contributed by atoms with Crippen molar-refractivity contribution in [3.8, 4) is 0 Å². The minimum absolute atomic E-state index is 0.361. The summed E-state index contributed by atoms with van der Waals surface area (Å²) in [5.41, 5.74) is 6.03. The fraction of sp³-hybridized carbons (Fsp3) is 0.833. The first kappa shape index (κ1) is 12.5. The van der Waals surface area contributed by atoms with E-state index in [4.69, 9.17) is 5.73 Å². The van der Waals surface area contributed by atoms with Crippen LogP contribution >= 0.6 is 0 Å². The molecule has 1 aromatic heterocycles. The van der Waals surface area contributed by atoms with Crippen LogP contribution in [0.15, 0.2) is 6.33 Å². The van der Waals surface area contributed by atoms with Crippen LogP contribution < -0.4 is 5.73 Å². The van der Waals surface area contributed by atoms with E-state index in [-0.39, 0.29) is 0 Å². The maximum atomic E-state index is 6.03. The first-order chi connectivity index (χ1) is 8.20. The first-order valence-corrected chi connectivity index (χ1v) is 6.55. The van der Waals surface area contributed by atoms with Crippen molar-refractivity contribution in [1.29, 1.82) is 0 Å². The average Bonchev–Trinajstić information content (AvgIpc) is 2.72. The third-order valence-electron chi connectivity index (χ3n) is 3.55. The van der Waals surface area contributed by atoms with Gasteiger partial charge in [-0.1, -0.05) is 13.8 Å². The number of nitrogens with two attached hydrogens (primary N) is 1. The molecule has 5 heteroatoms. The van der Waals surface area contributed by atoms with Gasteiger partial charge < -0.3 is 5.73 Å². The second-order valence-corrected chi connectivity index (χ2v) is 5.06. The number of hydrogen-bond acceptors (Lipinski definition) is 4. The molecule has 96 valence electrons. The minimum atomic E-state index is 0.361. The quantitative estimate of drug-likeness (QED) is 0.843. The van der Waals surface area contributed by atoms with Crippen LogP contribution in [0.3, 0.4) is 0 Å². The molecule has 2 atom stereocenters. The molecule has 1 aliphatic rings. The molecule has 2 heterocycles. The maximum absolute atomic E-state index is 6.03. The molecule has 0 aromatic carbocycles. The van der Waals surface area contributed by atoms with Crippen LogP contribution in [0.5, 0.6) is 0 Å². The fourth-order valence-corrected chi connectivity index (χ4v) is 2.40. The van der Waals surface area contributed by atoms with Crippen molar-refractivity contribution < 1.29 is 0 Å². The fourth-order valence-electron chi connectivity index (χ4n) is 2.40. The molecule has 2 unspecified atom stereocenters. The van der Waals surface area contributed by atoms with Gasteiger partial charge in [-0.25, -0.2) is 9.67 Å². The van der Waals surface area contributed by atoms with Crippen LogP contribution in [0.1, 0.15) is 32.5 Å². The van der Waals surface area contributed by atoms with E-state index in [1.54, 1.807) is 6.33 Å². The Morgan fingerprint density at radius 2 is 2.35 bits per heavy atom. The van der Waals surface area contributed by atoms with Gasteiger partial charge in [0.25, 0.3) is 0 Å². The van der Waals surface area contributed by atoms with Crippen molar-refractivity contribution in [1.82, 2.24) is 19.7 Å². The van der Waals surface area contributed by atoms with Crippen molar-refractivity contribution in [3.63, 3.8) is 0 Å². The molecule has 1 fully saturated rings. The van der Waals surface area contributed by atoms with Gasteiger partial charge in [0.1, 0.15) is 12.2 Å². The Morgan fingerprint density at radius 3 is 3.06 bits per heavy atom. The summed E-state index contributed by atoms with van der Waals surface area (Å²) in [6.07, 6.45) is 3.84. The van der Waals surface area contributed by atoms with E-state index >= 15 is 0 Å². The monoisotopic (exact) mass is 237 g/mol.